The third-order valence-corrected chi connectivity index (χ3v) is 4.98. The first-order chi connectivity index (χ1) is 12.7. The number of rotatable bonds is 9. The zero-order valence-corrected chi connectivity index (χ0v) is 15.7. The summed E-state index contributed by atoms with van der Waals surface area (Å²) in [6, 6.07) is 9.31. The van der Waals surface area contributed by atoms with Gasteiger partial charge in [0.1, 0.15) is 11.8 Å². The molecule has 0 saturated carbocycles. The predicted octanol–water partition coefficient (Wildman–Crippen LogP) is 2.19. The number of amides is 1. The summed E-state index contributed by atoms with van der Waals surface area (Å²) in [4.78, 5) is 14.7. The third kappa shape index (κ3) is 5.72. The smallest absolute Gasteiger partial charge is 0.257 e. The van der Waals surface area contributed by atoms with E-state index in [-0.39, 0.29) is 12.5 Å². The van der Waals surface area contributed by atoms with Crippen LogP contribution in [0.25, 0.3) is 0 Å². The maximum atomic E-state index is 12.2. The van der Waals surface area contributed by atoms with Crippen LogP contribution in [0.1, 0.15) is 32.3 Å². The Bertz CT molecular complexity index is 605. The van der Waals surface area contributed by atoms with Gasteiger partial charge in [0.05, 0.1) is 18.8 Å². The van der Waals surface area contributed by atoms with E-state index in [0.717, 1.165) is 39.1 Å². The maximum Gasteiger partial charge on any atom is 0.257 e. The van der Waals surface area contributed by atoms with E-state index in [2.05, 4.69) is 30.1 Å². The Labute approximate surface area is 156 Å². The monoisotopic (exact) mass is 359 g/mol. The molecule has 0 radical (unpaired) electrons. The molecular weight excluding hydrogens is 330 g/mol. The molecule has 6 heteroatoms. The Morgan fingerprint density at radius 1 is 1.31 bits per heavy atom. The molecule has 26 heavy (non-hydrogen) atoms. The Morgan fingerprint density at radius 3 is 2.65 bits per heavy atom. The van der Waals surface area contributed by atoms with E-state index in [0.29, 0.717) is 29.8 Å². The van der Waals surface area contributed by atoms with Crippen LogP contribution in [0.5, 0.6) is 5.75 Å². The topological polar surface area (TPSA) is 74.6 Å². The molecule has 0 aromatic heterocycles. The molecule has 1 aromatic rings. The Kier molecular flexibility index (Phi) is 8.39. The van der Waals surface area contributed by atoms with Gasteiger partial charge in [-0.05, 0) is 18.1 Å². The Balaban J connectivity index is 1.88. The summed E-state index contributed by atoms with van der Waals surface area (Å²) >= 11 is 0. The lowest BCUT2D eigenvalue weighted by atomic mass is 9.92. The van der Waals surface area contributed by atoms with Crippen LogP contribution in [0.3, 0.4) is 0 Å². The van der Waals surface area contributed by atoms with Crippen molar-refractivity contribution in [3.8, 4) is 11.8 Å². The summed E-state index contributed by atoms with van der Waals surface area (Å²) in [5.74, 6) is 0.811. The number of hydrogen-bond donors (Lipinski definition) is 1. The Hall–Kier alpha value is -2.10. The van der Waals surface area contributed by atoms with Gasteiger partial charge in [-0.3, -0.25) is 9.69 Å². The van der Waals surface area contributed by atoms with Gasteiger partial charge in [0, 0.05) is 25.7 Å². The minimum Gasteiger partial charge on any atom is -0.482 e. The number of ether oxygens (including phenoxy) is 2. The molecule has 6 nitrogen and oxygen atoms in total. The minimum atomic E-state index is -0.165. The first-order valence-corrected chi connectivity index (χ1v) is 9.40. The molecule has 1 heterocycles. The fraction of sp³-hybridized carbons (Fsp3) is 0.600. The molecular formula is C20H29N3O3. The van der Waals surface area contributed by atoms with Crippen LogP contribution in [0.4, 0.5) is 0 Å². The van der Waals surface area contributed by atoms with Crippen LogP contribution in [0, 0.1) is 17.2 Å². The van der Waals surface area contributed by atoms with Crippen molar-refractivity contribution in [2.45, 2.75) is 32.7 Å². The first kappa shape index (κ1) is 20.2. The summed E-state index contributed by atoms with van der Waals surface area (Å²) in [5.41, 5.74) is 0.434. The van der Waals surface area contributed by atoms with Gasteiger partial charge in [0.25, 0.3) is 5.91 Å². The van der Waals surface area contributed by atoms with Crippen molar-refractivity contribution in [3.05, 3.63) is 29.8 Å². The van der Waals surface area contributed by atoms with Gasteiger partial charge in [-0.15, -0.1) is 0 Å². The third-order valence-electron chi connectivity index (χ3n) is 4.98. The zero-order valence-electron chi connectivity index (χ0n) is 15.7. The molecule has 1 saturated heterocycles. The van der Waals surface area contributed by atoms with Crippen molar-refractivity contribution in [2.24, 2.45) is 5.92 Å². The van der Waals surface area contributed by atoms with Crippen LogP contribution in [0.15, 0.2) is 24.3 Å². The predicted molar refractivity (Wildman–Crippen MR) is 99.9 cm³/mol. The van der Waals surface area contributed by atoms with Crippen LogP contribution >= 0.6 is 0 Å². The van der Waals surface area contributed by atoms with Crippen molar-refractivity contribution in [3.63, 3.8) is 0 Å². The lowest BCUT2D eigenvalue weighted by Gasteiger charge is -2.38. The van der Waals surface area contributed by atoms with Gasteiger partial charge >= 0.3 is 0 Å². The standard InChI is InChI=1S/C20H29N3O3/c1-3-16(4-2)18(23-9-11-25-12-10-23)14-22-20(24)15-26-19-8-6-5-7-17(19)13-21/h5-8,16,18H,3-4,9-12,14-15H2,1-2H3,(H,22,24). The molecule has 1 aliphatic heterocycles. The van der Waals surface area contributed by atoms with Gasteiger partial charge < -0.3 is 14.8 Å². The second kappa shape index (κ2) is 10.8. The van der Waals surface area contributed by atoms with Crippen molar-refractivity contribution in [2.75, 3.05) is 39.5 Å². The molecule has 1 fully saturated rings. The molecule has 1 atom stereocenters. The maximum absolute atomic E-state index is 12.2. The van der Waals surface area contributed by atoms with Crippen molar-refractivity contribution in [1.82, 2.24) is 10.2 Å². The van der Waals surface area contributed by atoms with Crippen molar-refractivity contribution < 1.29 is 14.3 Å². The van der Waals surface area contributed by atoms with Crippen LogP contribution in [0.2, 0.25) is 0 Å². The Morgan fingerprint density at radius 2 is 2.00 bits per heavy atom. The number of carbonyl (C=O) groups excluding carboxylic acids is 1. The van der Waals surface area contributed by atoms with Crippen molar-refractivity contribution >= 4 is 5.91 Å². The summed E-state index contributed by atoms with van der Waals surface area (Å²) in [7, 11) is 0. The number of morpholine rings is 1. The molecule has 1 unspecified atom stereocenters. The number of para-hydroxylation sites is 1. The average Bonchev–Trinajstić information content (AvgIpc) is 2.70. The molecule has 2 rings (SSSR count). The SMILES string of the molecule is CCC(CC)C(CNC(=O)COc1ccccc1C#N)N1CCOCC1. The van der Waals surface area contributed by atoms with E-state index < -0.39 is 0 Å². The van der Waals surface area contributed by atoms with E-state index in [9.17, 15) is 4.79 Å². The second-order valence-electron chi connectivity index (χ2n) is 6.49. The number of benzene rings is 1. The normalized spacial score (nSPS) is 16.1. The van der Waals surface area contributed by atoms with Crippen LogP contribution in [-0.4, -0.2) is 56.3 Å². The molecule has 0 bridgehead atoms. The fourth-order valence-corrected chi connectivity index (χ4v) is 3.43. The quantitative estimate of drug-likeness (QED) is 0.731. The molecule has 1 aromatic carbocycles. The van der Waals surface area contributed by atoms with Crippen LogP contribution < -0.4 is 10.1 Å². The average molecular weight is 359 g/mol. The summed E-state index contributed by atoms with van der Waals surface area (Å²) in [6.45, 7) is 8.23. The number of nitrogens with zero attached hydrogens (tertiary/aromatic N) is 2. The van der Waals surface area contributed by atoms with Gasteiger partial charge in [-0.25, -0.2) is 0 Å². The zero-order chi connectivity index (χ0) is 18.8. The highest BCUT2D eigenvalue weighted by Crippen LogP contribution is 2.20. The molecule has 1 N–H and O–H groups in total. The summed E-state index contributed by atoms with van der Waals surface area (Å²) in [5, 5.41) is 12.1. The number of nitriles is 1. The van der Waals surface area contributed by atoms with E-state index in [1.807, 2.05) is 0 Å². The highest BCUT2D eigenvalue weighted by Gasteiger charge is 2.27. The molecule has 0 aliphatic carbocycles. The number of carbonyl (C=O) groups is 1. The van der Waals surface area contributed by atoms with Gasteiger partial charge in [-0.2, -0.15) is 5.26 Å². The molecule has 1 amide bonds. The first-order valence-electron chi connectivity index (χ1n) is 9.40. The van der Waals surface area contributed by atoms with E-state index in [1.54, 1.807) is 24.3 Å². The highest BCUT2D eigenvalue weighted by atomic mass is 16.5. The fourth-order valence-electron chi connectivity index (χ4n) is 3.43. The number of hydrogen-bond acceptors (Lipinski definition) is 5. The van der Waals surface area contributed by atoms with E-state index in [1.165, 1.54) is 0 Å². The summed E-state index contributed by atoms with van der Waals surface area (Å²) in [6.07, 6.45) is 2.17. The van der Waals surface area contributed by atoms with Gasteiger partial charge in [0.2, 0.25) is 0 Å². The lowest BCUT2D eigenvalue weighted by molar-refractivity contribution is -0.123. The second-order valence-corrected chi connectivity index (χ2v) is 6.49. The molecule has 142 valence electrons. The molecule has 1 aliphatic rings. The minimum absolute atomic E-state index is 0.0859. The lowest BCUT2D eigenvalue weighted by Crippen LogP contribution is -2.52. The molecule has 0 spiro atoms. The summed E-state index contributed by atoms with van der Waals surface area (Å²) < 4.78 is 11.0. The van der Waals surface area contributed by atoms with Gasteiger partial charge in [0.15, 0.2) is 6.61 Å². The number of nitrogens with one attached hydrogen (secondary N) is 1. The van der Waals surface area contributed by atoms with Crippen molar-refractivity contribution in [1.29, 1.82) is 5.26 Å². The van der Waals surface area contributed by atoms with Crippen LogP contribution in [-0.2, 0) is 9.53 Å². The largest absolute Gasteiger partial charge is 0.482 e. The van der Waals surface area contributed by atoms with E-state index >= 15 is 0 Å². The highest BCUT2D eigenvalue weighted by molar-refractivity contribution is 5.77. The van der Waals surface area contributed by atoms with Gasteiger partial charge in [-0.1, -0.05) is 38.8 Å². The van der Waals surface area contributed by atoms with E-state index in [4.69, 9.17) is 14.7 Å².